The van der Waals surface area contributed by atoms with Gasteiger partial charge in [0.15, 0.2) is 0 Å². The number of aryl methyl sites for hydroxylation is 1. The van der Waals surface area contributed by atoms with Crippen LogP contribution >= 0.6 is 0 Å². The van der Waals surface area contributed by atoms with Crippen LogP contribution in [0.15, 0.2) is 18.2 Å². The van der Waals surface area contributed by atoms with E-state index in [2.05, 4.69) is 26.0 Å². The van der Waals surface area contributed by atoms with Crippen LogP contribution in [0.5, 0.6) is 0 Å². The minimum atomic E-state index is -0.642. The lowest BCUT2D eigenvalue weighted by molar-refractivity contribution is 0.0275. The number of hydrogen-bond donors (Lipinski definition) is 1. The Morgan fingerprint density at radius 3 is 2.20 bits per heavy atom. The predicted octanol–water partition coefficient (Wildman–Crippen LogP) is 3.57. The average Bonchev–Trinajstić information content (AvgIpc) is 2.27. The fourth-order valence-corrected chi connectivity index (χ4v) is 2.24. The van der Waals surface area contributed by atoms with E-state index >= 15 is 0 Å². The molecule has 0 saturated heterocycles. The van der Waals surface area contributed by atoms with Crippen molar-refractivity contribution in [3.8, 4) is 0 Å². The molecule has 0 heterocycles. The summed E-state index contributed by atoms with van der Waals surface area (Å²) in [7, 11) is 0. The quantitative estimate of drug-likeness (QED) is 0.798. The highest BCUT2D eigenvalue weighted by atomic mass is 16.3. The maximum absolute atomic E-state index is 10.5. The smallest absolute Gasteiger partial charge is 0.0894 e. The van der Waals surface area contributed by atoms with Crippen molar-refractivity contribution in [2.45, 2.75) is 52.6 Å². The van der Waals surface area contributed by atoms with Crippen molar-refractivity contribution in [3.63, 3.8) is 0 Å². The summed E-state index contributed by atoms with van der Waals surface area (Å²) in [6, 6.07) is 6.23. The Balaban J connectivity index is 3.29. The molecule has 0 radical (unpaired) electrons. The van der Waals surface area contributed by atoms with Crippen molar-refractivity contribution in [3.05, 3.63) is 34.9 Å². The van der Waals surface area contributed by atoms with Crippen molar-refractivity contribution >= 4 is 0 Å². The van der Waals surface area contributed by atoms with Gasteiger partial charge in [0.05, 0.1) is 5.60 Å². The maximum atomic E-state index is 10.5. The Hall–Kier alpha value is -0.820. The van der Waals surface area contributed by atoms with Gasteiger partial charge >= 0.3 is 0 Å². The second kappa shape index (κ2) is 4.80. The summed E-state index contributed by atoms with van der Waals surface area (Å²) in [5.41, 5.74) is 3.08. The van der Waals surface area contributed by atoms with Crippen LogP contribution in [0, 0.1) is 6.92 Å². The van der Waals surface area contributed by atoms with Crippen LogP contribution in [0.2, 0.25) is 0 Å². The van der Waals surface area contributed by atoms with Crippen LogP contribution in [0.3, 0.4) is 0 Å². The molecule has 0 aromatic heterocycles. The normalized spacial score (nSPS) is 11.8. The molecule has 84 valence electrons. The second-order valence-electron chi connectivity index (χ2n) is 4.19. The van der Waals surface area contributed by atoms with E-state index < -0.39 is 5.60 Å². The Labute approximate surface area is 93.1 Å². The van der Waals surface area contributed by atoms with Crippen molar-refractivity contribution in [1.29, 1.82) is 0 Å². The number of hydrogen-bond acceptors (Lipinski definition) is 1. The Bertz CT molecular complexity index is 324. The molecule has 1 N–H and O–H groups in total. The van der Waals surface area contributed by atoms with E-state index in [1.54, 1.807) is 0 Å². The summed E-state index contributed by atoms with van der Waals surface area (Å²) in [5.74, 6) is 0. The van der Waals surface area contributed by atoms with Crippen molar-refractivity contribution in [1.82, 2.24) is 0 Å². The molecule has 15 heavy (non-hydrogen) atoms. The van der Waals surface area contributed by atoms with Crippen LogP contribution in [0.25, 0.3) is 0 Å². The minimum absolute atomic E-state index is 0.642. The fourth-order valence-electron chi connectivity index (χ4n) is 2.24. The van der Waals surface area contributed by atoms with E-state index in [0.29, 0.717) is 0 Å². The van der Waals surface area contributed by atoms with Gasteiger partial charge in [0, 0.05) is 0 Å². The Morgan fingerprint density at radius 2 is 1.73 bits per heavy atom. The van der Waals surface area contributed by atoms with Crippen LogP contribution in [0.1, 0.15) is 50.3 Å². The first kappa shape index (κ1) is 12.3. The first-order chi connectivity index (χ1) is 7.09. The van der Waals surface area contributed by atoms with Gasteiger partial charge in [-0.2, -0.15) is 0 Å². The van der Waals surface area contributed by atoms with E-state index in [-0.39, 0.29) is 0 Å². The van der Waals surface area contributed by atoms with Gasteiger partial charge in [0.1, 0.15) is 0 Å². The van der Waals surface area contributed by atoms with Gasteiger partial charge in [-0.25, -0.2) is 0 Å². The van der Waals surface area contributed by atoms with Crippen LogP contribution < -0.4 is 0 Å². The van der Waals surface area contributed by atoms with E-state index in [4.69, 9.17) is 0 Å². The molecule has 0 fully saturated rings. The van der Waals surface area contributed by atoms with Crippen molar-refractivity contribution in [2.75, 3.05) is 0 Å². The first-order valence-corrected chi connectivity index (χ1v) is 5.90. The van der Waals surface area contributed by atoms with Crippen molar-refractivity contribution in [2.24, 2.45) is 0 Å². The highest BCUT2D eigenvalue weighted by Gasteiger charge is 2.27. The third kappa shape index (κ3) is 2.23. The molecule has 0 aliphatic rings. The van der Waals surface area contributed by atoms with Gasteiger partial charge in [-0.1, -0.05) is 39.0 Å². The van der Waals surface area contributed by atoms with Crippen molar-refractivity contribution < 1.29 is 5.11 Å². The summed E-state index contributed by atoms with van der Waals surface area (Å²) in [5, 5.41) is 10.5. The highest BCUT2D eigenvalue weighted by Crippen LogP contribution is 2.32. The molecule has 0 atom stereocenters. The number of rotatable bonds is 4. The van der Waals surface area contributed by atoms with E-state index in [1.165, 1.54) is 11.1 Å². The lowest BCUT2D eigenvalue weighted by atomic mass is 9.83. The van der Waals surface area contributed by atoms with Gasteiger partial charge in [0.2, 0.25) is 0 Å². The third-order valence-electron chi connectivity index (χ3n) is 3.43. The molecular weight excluding hydrogens is 184 g/mol. The average molecular weight is 206 g/mol. The largest absolute Gasteiger partial charge is 0.385 e. The zero-order valence-corrected chi connectivity index (χ0v) is 10.3. The standard InChI is InChI=1S/C14H22O/c1-5-12-11(4)9-8-10-13(12)14(15,6-2)7-3/h8-10,15H,5-7H2,1-4H3. The molecule has 1 heteroatoms. The molecule has 0 aliphatic heterocycles. The zero-order chi connectivity index (χ0) is 11.5. The summed E-state index contributed by atoms with van der Waals surface area (Å²) in [4.78, 5) is 0. The zero-order valence-electron chi connectivity index (χ0n) is 10.3. The summed E-state index contributed by atoms with van der Waals surface area (Å²) < 4.78 is 0. The van der Waals surface area contributed by atoms with E-state index in [9.17, 15) is 5.11 Å². The van der Waals surface area contributed by atoms with Gasteiger partial charge in [-0.15, -0.1) is 0 Å². The number of benzene rings is 1. The van der Waals surface area contributed by atoms with Gasteiger partial charge < -0.3 is 5.11 Å². The Kier molecular flexibility index (Phi) is 3.92. The lowest BCUT2D eigenvalue weighted by Gasteiger charge is -2.29. The van der Waals surface area contributed by atoms with E-state index in [1.807, 2.05) is 19.9 Å². The molecule has 0 spiro atoms. The summed E-state index contributed by atoms with van der Waals surface area (Å²) in [6.45, 7) is 8.36. The SMILES string of the molecule is CCc1c(C)cccc1C(O)(CC)CC. The molecule has 0 bridgehead atoms. The van der Waals surface area contributed by atoms with Gasteiger partial charge in [-0.3, -0.25) is 0 Å². The van der Waals surface area contributed by atoms with Crippen LogP contribution in [-0.4, -0.2) is 5.11 Å². The third-order valence-corrected chi connectivity index (χ3v) is 3.43. The molecule has 1 rings (SSSR count). The number of aliphatic hydroxyl groups is 1. The fraction of sp³-hybridized carbons (Fsp3) is 0.571. The van der Waals surface area contributed by atoms with Crippen LogP contribution in [0.4, 0.5) is 0 Å². The lowest BCUT2D eigenvalue weighted by Crippen LogP contribution is -2.25. The Morgan fingerprint density at radius 1 is 1.13 bits per heavy atom. The molecule has 0 amide bonds. The molecule has 1 aromatic rings. The minimum Gasteiger partial charge on any atom is -0.385 e. The summed E-state index contributed by atoms with van der Waals surface area (Å²) >= 11 is 0. The van der Waals surface area contributed by atoms with Gasteiger partial charge in [-0.05, 0) is 42.9 Å². The molecular formula is C14H22O. The summed E-state index contributed by atoms with van der Waals surface area (Å²) in [6.07, 6.45) is 2.55. The van der Waals surface area contributed by atoms with E-state index in [0.717, 1.165) is 24.8 Å². The van der Waals surface area contributed by atoms with Crippen LogP contribution in [-0.2, 0) is 12.0 Å². The predicted molar refractivity (Wildman–Crippen MR) is 65.0 cm³/mol. The molecule has 0 unspecified atom stereocenters. The van der Waals surface area contributed by atoms with Gasteiger partial charge in [0.25, 0.3) is 0 Å². The highest BCUT2D eigenvalue weighted by molar-refractivity contribution is 5.38. The monoisotopic (exact) mass is 206 g/mol. The maximum Gasteiger partial charge on any atom is 0.0894 e. The topological polar surface area (TPSA) is 20.2 Å². The molecule has 1 nitrogen and oxygen atoms in total. The molecule has 0 aliphatic carbocycles. The molecule has 1 aromatic carbocycles. The second-order valence-corrected chi connectivity index (χ2v) is 4.19. The molecule has 0 saturated carbocycles. The first-order valence-electron chi connectivity index (χ1n) is 5.90.